The van der Waals surface area contributed by atoms with Crippen LogP contribution in [0, 0.1) is 5.92 Å². The van der Waals surface area contributed by atoms with Gasteiger partial charge in [0.25, 0.3) is 0 Å². The first kappa shape index (κ1) is 20.3. The number of nitrogens with zero attached hydrogens (tertiary/aromatic N) is 1. The van der Waals surface area contributed by atoms with Crippen molar-refractivity contribution in [1.82, 2.24) is 10.2 Å². The molecule has 0 atom stereocenters. The highest BCUT2D eigenvalue weighted by atomic mass is 16.6. The Hall–Kier alpha value is -0.770. The van der Waals surface area contributed by atoms with Gasteiger partial charge in [-0.25, -0.2) is 4.79 Å². The maximum atomic E-state index is 12.1. The summed E-state index contributed by atoms with van der Waals surface area (Å²) in [5.41, 5.74) is -0.417. The number of amides is 1. The normalized spacial score (nSPS) is 22.0. The standard InChI is InChI=1S/C19H38N2O2/c1-6-9-16-10-12-17(13-11-16)20-14-8-15-21(7-2)18(22)23-19(3,4)5/h16-17,20H,6-15H2,1-5H3. The van der Waals surface area contributed by atoms with Crippen LogP contribution in [0.5, 0.6) is 0 Å². The molecule has 0 aromatic rings. The quantitative estimate of drug-likeness (QED) is 0.664. The van der Waals surface area contributed by atoms with Crippen molar-refractivity contribution in [1.29, 1.82) is 0 Å². The summed E-state index contributed by atoms with van der Waals surface area (Å²) in [7, 11) is 0. The summed E-state index contributed by atoms with van der Waals surface area (Å²) in [5.74, 6) is 0.959. The Balaban J connectivity index is 2.17. The van der Waals surface area contributed by atoms with Crippen LogP contribution in [0.2, 0.25) is 0 Å². The molecule has 1 amide bonds. The lowest BCUT2D eigenvalue weighted by Gasteiger charge is -2.29. The van der Waals surface area contributed by atoms with Gasteiger partial charge in [-0.05, 0) is 72.3 Å². The van der Waals surface area contributed by atoms with E-state index in [-0.39, 0.29) is 6.09 Å². The smallest absolute Gasteiger partial charge is 0.410 e. The van der Waals surface area contributed by atoms with Gasteiger partial charge in [0.05, 0.1) is 0 Å². The number of hydrogen-bond acceptors (Lipinski definition) is 3. The fourth-order valence-electron chi connectivity index (χ4n) is 3.34. The van der Waals surface area contributed by atoms with E-state index in [2.05, 4.69) is 12.2 Å². The lowest BCUT2D eigenvalue weighted by atomic mass is 9.83. The Morgan fingerprint density at radius 2 is 1.83 bits per heavy atom. The van der Waals surface area contributed by atoms with Crippen molar-refractivity contribution >= 4 is 6.09 Å². The summed E-state index contributed by atoms with van der Waals surface area (Å²) in [6.45, 7) is 12.5. The first-order chi connectivity index (χ1) is 10.9. The summed E-state index contributed by atoms with van der Waals surface area (Å²) >= 11 is 0. The predicted octanol–water partition coefficient (Wildman–Crippen LogP) is 4.58. The number of carbonyl (C=O) groups is 1. The molecule has 1 rings (SSSR count). The topological polar surface area (TPSA) is 41.6 Å². The SMILES string of the molecule is CCCC1CCC(NCCCN(CC)C(=O)OC(C)(C)C)CC1. The van der Waals surface area contributed by atoms with E-state index in [1.165, 1.54) is 38.5 Å². The van der Waals surface area contributed by atoms with Crippen molar-refractivity contribution in [3.63, 3.8) is 0 Å². The van der Waals surface area contributed by atoms with Gasteiger partial charge in [-0.2, -0.15) is 0 Å². The van der Waals surface area contributed by atoms with E-state index in [0.717, 1.165) is 25.4 Å². The Labute approximate surface area is 143 Å². The van der Waals surface area contributed by atoms with Crippen molar-refractivity contribution in [3.05, 3.63) is 0 Å². The number of ether oxygens (including phenoxy) is 1. The average molecular weight is 327 g/mol. The molecule has 1 aliphatic carbocycles. The van der Waals surface area contributed by atoms with Gasteiger partial charge in [-0.15, -0.1) is 0 Å². The maximum Gasteiger partial charge on any atom is 0.410 e. The van der Waals surface area contributed by atoms with Crippen LogP contribution < -0.4 is 5.32 Å². The predicted molar refractivity (Wildman–Crippen MR) is 96.8 cm³/mol. The van der Waals surface area contributed by atoms with Gasteiger partial charge < -0.3 is 15.0 Å². The molecule has 0 aromatic heterocycles. The van der Waals surface area contributed by atoms with Gasteiger partial charge >= 0.3 is 6.09 Å². The van der Waals surface area contributed by atoms with Crippen LogP contribution in [0.3, 0.4) is 0 Å². The number of rotatable bonds is 8. The fraction of sp³-hybridized carbons (Fsp3) is 0.947. The molecule has 0 radical (unpaired) electrons. The zero-order valence-corrected chi connectivity index (χ0v) is 16.0. The Morgan fingerprint density at radius 3 is 2.35 bits per heavy atom. The first-order valence-electron chi connectivity index (χ1n) is 9.57. The van der Waals surface area contributed by atoms with Crippen LogP contribution in [0.1, 0.15) is 79.6 Å². The Bertz CT molecular complexity index is 331. The molecule has 0 bridgehead atoms. The summed E-state index contributed by atoms with van der Waals surface area (Å²) in [4.78, 5) is 13.9. The van der Waals surface area contributed by atoms with Gasteiger partial charge in [-0.3, -0.25) is 0 Å². The van der Waals surface area contributed by atoms with E-state index in [1.54, 1.807) is 4.90 Å². The third-order valence-corrected chi connectivity index (χ3v) is 4.61. The van der Waals surface area contributed by atoms with E-state index >= 15 is 0 Å². The lowest BCUT2D eigenvalue weighted by Crippen LogP contribution is -2.39. The highest BCUT2D eigenvalue weighted by Gasteiger charge is 2.22. The second-order valence-corrected chi connectivity index (χ2v) is 7.87. The molecule has 0 heterocycles. The second-order valence-electron chi connectivity index (χ2n) is 7.87. The molecule has 4 heteroatoms. The first-order valence-corrected chi connectivity index (χ1v) is 9.57. The van der Waals surface area contributed by atoms with Gasteiger partial charge in [0.1, 0.15) is 5.60 Å². The minimum Gasteiger partial charge on any atom is -0.444 e. The molecule has 136 valence electrons. The van der Waals surface area contributed by atoms with Gasteiger partial charge in [0, 0.05) is 19.1 Å². The van der Waals surface area contributed by atoms with E-state index < -0.39 is 5.60 Å². The zero-order valence-electron chi connectivity index (χ0n) is 16.0. The molecule has 0 aliphatic heterocycles. The third-order valence-electron chi connectivity index (χ3n) is 4.61. The molecule has 1 saturated carbocycles. The molecule has 0 aromatic carbocycles. The Kier molecular flexibility index (Phi) is 8.96. The molecule has 0 unspecified atom stereocenters. The Morgan fingerprint density at radius 1 is 1.17 bits per heavy atom. The summed E-state index contributed by atoms with van der Waals surface area (Å²) in [6, 6.07) is 0.680. The molecule has 0 saturated heterocycles. The van der Waals surface area contributed by atoms with Gasteiger partial charge in [0.2, 0.25) is 0 Å². The van der Waals surface area contributed by atoms with E-state index in [9.17, 15) is 4.79 Å². The highest BCUT2D eigenvalue weighted by molar-refractivity contribution is 5.68. The lowest BCUT2D eigenvalue weighted by molar-refractivity contribution is 0.0258. The van der Waals surface area contributed by atoms with Crippen molar-refractivity contribution in [3.8, 4) is 0 Å². The second kappa shape index (κ2) is 10.2. The minimum atomic E-state index is -0.417. The molecule has 1 aliphatic rings. The van der Waals surface area contributed by atoms with Crippen molar-refractivity contribution in [2.75, 3.05) is 19.6 Å². The fourth-order valence-corrected chi connectivity index (χ4v) is 3.34. The molecule has 4 nitrogen and oxygen atoms in total. The van der Waals surface area contributed by atoms with Crippen LogP contribution >= 0.6 is 0 Å². The van der Waals surface area contributed by atoms with Gasteiger partial charge in [0.15, 0.2) is 0 Å². The van der Waals surface area contributed by atoms with Crippen molar-refractivity contribution in [2.24, 2.45) is 5.92 Å². The maximum absolute atomic E-state index is 12.1. The van der Waals surface area contributed by atoms with Crippen LogP contribution in [0.15, 0.2) is 0 Å². The molecule has 0 spiro atoms. The molecule has 23 heavy (non-hydrogen) atoms. The van der Waals surface area contributed by atoms with Crippen LogP contribution in [-0.4, -0.2) is 42.3 Å². The highest BCUT2D eigenvalue weighted by Crippen LogP contribution is 2.27. The monoisotopic (exact) mass is 326 g/mol. The number of carbonyl (C=O) groups excluding carboxylic acids is 1. The molecular weight excluding hydrogens is 288 g/mol. The molecular formula is C19H38N2O2. The molecule has 1 N–H and O–H groups in total. The summed E-state index contributed by atoms with van der Waals surface area (Å²) < 4.78 is 5.44. The van der Waals surface area contributed by atoms with E-state index in [4.69, 9.17) is 4.74 Å². The zero-order chi connectivity index (χ0) is 17.3. The van der Waals surface area contributed by atoms with Gasteiger partial charge in [-0.1, -0.05) is 19.8 Å². The summed E-state index contributed by atoms with van der Waals surface area (Å²) in [6.07, 6.45) is 8.90. The number of hydrogen-bond donors (Lipinski definition) is 1. The largest absolute Gasteiger partial charge is 0.444 e. The van der Waals surface area contributed by atoms with E-state index in [0.29, 0.717) is 12.6 Å². The average Bonchev–Trinajstić information content (AvgIpc) is 2.47. The van der Waals surface area contributed by atoms with E-state index in [1.807, 2.05) is 27.7 Å². The van der Waals surface area contributed by atoms with Crippen LogP contribution in [0.25, 0.3) is 0 Å². The van der Waals surface area contributed by atoms with Crippen molar-refractivity contribution in [2.45, 2.75) is 91.2 Å². The van der Waals surface area contributed by atoms with Crippen molar-refractivity contribution < 1.29 is 9.53 Å². The van der Waals surface area contributed by atoms with Crippen LogP contribution in [0.4, 0.5) is 4.79 Å². The summed E-state index contributed by atoms with van der Waals surface area (Å²) in [5, 5.41) is 3.67. The number of nitrogens with one attached hydrogen (secondary N) is 1. The van der Waals surface area contributed by atoms with Crippen LogP contribution in [-0.2, 0) is 4.74 Å². The minimum absolute atomic E-state index is 0.194. The molecule has 1 fully saturated rings. The third kappa shape index (κ3) is 8.59.